The summed E-state index contributed by atoms with van der Waals surface area (Å²) in [6, 6.07) is 2.84. The molecule has 1 unspecified atom stereocenters. The van der Waals surface area contributed by atoms with Crippen LogP contribution in [-0.2, 0) is 6.42 Å². The first kappa shape index (κ1) is 11.6. The van der Waals surface area contributed by atoms with Gasteiger partial charge in [0.05, 0.1) is 0 Å². The number of fused-ring (bicyclic) bond motifs is 1. The summed E-state index contributed by atoms with van der Waals surface area (Å²) in [6.07, 6.45) is 4.08. The minimum absolute atomic E-state index is 0.499. The lowest BCUT2D eigenvalue weighted by Crippen LogP contribution is -2.31. The molecule has 0 radical (unpaired) electrons. The average Bonchev–Trinajstić information content (AvgIpc) is 2.63. The van der Waals surface area contributed by atoms with Gasteiger partial charge in [-0.25, -0.2) is 0 Å². The maximum Gasteiger partial charge on any atom is 0.0396 e. The van der Waals surface area contributed by atoms with Crippen molar-refractivity contribution in [3.8, 4) is 0 Å². The zero-order valence-electron chi connectivity index (χ0n) is 10.1. The fraction of sp³-hybridized carbons (Fsp3) is 0.429. The molecule has 1 nitrogen and oxygen atoms in total. The summed E-state index contributed by atoms with van der Waals surface area (Å²) in [5.41, 5.74) is 2.65. The van der Waals surface area contributed by atoms with E-state index in [0.29, 0.717) is 6.04 Å². The minimum Gasteiger partial charge on any atom is -0.299 e. The zero-order valence-corrected chi connectivity index (χ0v) is 10.9. The molecular weight excluding hydrogens is 214 g/mol. The molecule has 1 atom stereocenters. The van der Waals surface area contributed by atoms with E-state index < -0.39 is 0 Å². The van der Waals surface area contributed by atoms with E-state index in [1.54, 1.807) is 4.88 Å². The Kier molecular flexibility index (Phi) is 3.31. The molecule has 2 heterocycles. The molecule has 1 aliphatic rings. The van der Waals surface area contributed by atoms with Gasteiger partial charge in [0.1, 0.15) is 0 Å². The van der Waals surface area contributed by atoms with Crippen LogP contribution in [0, 0.1) is 6.92 Å². The highest BCUT2D eigenvalue weighted by molar-refractivity contribution is 7.12. The first-order valence-corrected chi connectivity index (χ1v) is 6.53. The van der Waals surface area contributed by atoms with Crippen LogP contribution in [0.25, 0.3) is 0 Å². The van der Waals surface area contributed by atoms with Crippen LogP contribution in [0.5, 0.6) is 0 Å². The Labute approximate surface area is 102 Å². The number of thiophene rings is 1. The van der Waals surface area contributed by atoms with Gasteiger partial charge in [0.2, 0.25) is 0 Å². The minimum atomic E-state index is 0.499. The molecule has 0 saturated carbocycles. The molecule has 0 aromatic carbocycles. The van der Waals surface area contributed by atoms with Crippen molar-refractivity contribution in [3.05, 3.63) is 46.2 Å². The second kappa shape index (κ2) is 4.56. The van der Waals surface area contributed by atoms with Gasteiger partial charge < -0.3 is 0 Å². The highest BCUT2D eigenvalue weighted by Crippen LogP contribution is 2.37. The molecule has 0 saturated heterocycles. The number of aryl methyl sites for hydroxylation is 1. The predicted molar refractivity (Wildman–Crippen MR) is 72.1 cm³/mol. The maximum atomic E-state index is 4.04. The number of allylic oxidation sites excluding steroid dienone is 1. The zero-order chi connectivity index (χ0) is 11.7. The molecule has 86 valence electrons. The second-order valence-corrected chi connectivity index (χ2v) is 5.89. The molecule has 0 amide bonds. The van der Waals surface area contributed by atoms with E-state index in [4.69, 9.17) is 0 Å². The topological polar surface area (TPSA) is 3.24 Å². The first-order chi connectivity index (χ1) is 7.61. The van der Waals surface area contributed by atoms with Gasteiger partial charge in [0.15, 0.2) is 0 Å². The van der Waals surface area contributed by atoms with Gasteiger partial charge in [-0.15, -0.1) is 11.3 Å². The van der Waals surface area contributed by atoms with E-state index in [2.05, 4.69) is 38.1 Å². The highest BCUT2D eigenvalue weighted by atomic mass is 32.1. The van der Waals surface area contributed by atoms with Gasteiger partial charge in [-0.3, -0.25) is 4.90 Å². The largest absolute Gasteiger partial charge is 0.299 e. The molecule has 2 rings (SSSR count). The summed E-state index contributed by atoms with van der Waals surface area (Å²) in [5.74, 6) is 0. The second-order valence-electron chi connectivity index (χ2n) is 4.55. The summed E-state index contributed by atoms with van der Waals surface area (Å²) in [5, 5.41) is 0. The van der Waals surface area contributed by atoms with Crippen LogP contribution in [0.3, 0.4) is 0 Å². The summed E-state index contributed by atoms with van der Waals surface area (Å²) in [4.78, 5) is 5.43. The molecule has 1 aromatic rings. The third kappa shape index (κ3) is 2.13. The van der Waals surface area contributed by atoms with Crippen molar-refractivity contribution < 1.29 is 0 Å². The number of hydrogen-bond donors (Lipinski definition) is 0. The Morgan fingerprint density at radius 2 is 2.44 bits per heavy atom. The normalized spacial score (nSPS) is 20.5. The van der Waals surface area contributed by atoms with Gasteiger partial charge in [-0.1, -0.05) is 24.8 Å². The standard InChI is InChI=1S/C14H19NS/c1-5-10(2)8-13-12-9-11(3)16-14(12)6-7-15(13)4/h5,9,13H,1-2,6-8H2,3-4H3. The van der Waals surface area contributed by atoms with E-state index in [0.717, 1.165) is 18.5 Å². The van der Waals surface area contributed by atoms with Crippen molar-refractivity contribution in [3.63, 3.8) is 0 Å². The summed E-state index contributed by atoms with van der Waals surface area (Å²) in [7, 11) is 2.21. The molecule has 1 aliphatic heterocycles. The lowest BCUT2D eigenvalue weighted by molar-refractivity contribution is 0.232. The third-order valence-corrected chi connectivity index (χ3v) is 4.42. The van der Waals surface area contributed by atoms with Crippen LogP contribution in [0.1, 0.15) is 27.8 Å². The molecule has 0 fully saturated rings. The first-order valence-electron chi connectivity index (χ1n) is 5.71. The van der Waals surface area contributed by atoms with Crippen LogP contribution in [0.4, 0.5) is 0 Å². The van der Waals surface area contributed by atoms with Crippen molar-refractivity contribution in [2.75, 3.05) is 13.6 Å². The summed E-state index contributed by atoms with van der Waals surface area (Å²) < 4.78 is 0. The molecule has 0 spiro atoms. The fourth-order valence-corrected chi connectivity index (χ4v) is 3.41. The van der Waals surface area contributed by atoms with Crippen molar-refractivity contribution >= 4 is 11.3 Å². The molecule has 16 heavy (non-hydrogen) atoms. The Hall–Kier alpha value is -0.860. The molecule has 0 aliphatic carbocycles. The monoisotopic (exact) mass is 233 g/mol. The fourth-order valence-electron chi connectivity index (χ4n) is 2.33. The van der Waals surface area contributed by atoms with Gasteiger partial charge in [-0.05, 0) is 38.4 Å². The van der Waals surface area contributed by atoms with E-state index in [1.165, 1.54) is 16.9 Å². The molecule has 2 heteroatoms. The van der Waals surface area contributed by atoms with Gasteiger partial charge in [0.25, 0.3) is 0 Å². The Morgan fingerprint density at radius 3 is 3.12 bits per heavy atom. The quantitative estimate of drug-likeness (QED) is 0.719. The van der Waals surface area contributed by atoms with E-state index in [1.807, 2.05) is 17.4 Å². The van der Waals surface area contributed by atoms with Gasteiger partial charge >= 0.3 is 0 Å². The van der Waals surface area contributed by atoms with Gasteiger partial charge in [-0.2, -0.15) is 0 Å². The van der Waals surface area contributed by atoms with Crippen LogP contribution in [0.15, 0.2) is 30.9 Å². The smallest absolute Gasteiger partial charge is 0.0396 e. The van der Waals surface area contributed by atoms with Crippen molar-refractivity contribution in [1.29, 1.82) is 0 Å². The SMILES string of the molecule is C=CC(=C)CC1c2cc(C)sc2CCN1C. The average molecular weight is 233 g/mol. The predicted octanol–water partition coefficient (Wildman–Crippen LogP) is 3.72. The van der Waals surface area contributed by atoms with Crippen LogP contribution in [0.2, 0.25) is 0 Å². The number of hydrogen-bond acceptors (Lipinski definition) is 2. The van der Waals surface area contributed by atoms with E-state index >= 15 is 0 Å². The number of likely N-dealkylation sites (N-methyl/N-ethyl adjacent to an activating group) is 1. The Bertz CT molecular complexity index is 416. The van der Waals surface area contributed by atoms with Crippen molar-refractivity contribution in [2.45, 2.75) is 25.8 Å². The number of nitrogens with zero attached hydrogens (tertiary/aromatic N) is 1. The summed E-state index contributed by atoms with van der Waals surface area (Å²) in [6.45, 7) is 11.2. The lowest BCUT2D eigenvalue weighted by Gasteiger charge is -2.33. The van der Waals surface area contributed by atoms with Gasteiger partial charge in [0, 0.05) is 22.3 Å². The van der Waals surface area contributed by atoms with E-state index in [9.17, 15) is 0 Å². The summed E-state index contributed by atoms with van der Waals surface area (Å²) >= 11 is 1.95. The van der Waals surface area contributed by atoms with Crippen molar-refractivity contribution in [2.24, 2.45) is 0 Å². The number of rotatable bonds is 3. The van der Waals surface area contributed by atoms with Crippen LogP contribution >= 0.6 is 11.3 Å². The molecule has 0 bridgehead atoms. The molecule has 0 N–H and O–H groups in total. The Morgan fingerprint density at radius 1 is 1.69 bits per heavy atom. The van der Waals surface area contributed by atoms with Crippen LogP contribution in [-0.4, -0.2) is 18.5 Å². The maximum absolute atomic E-state index is 4.04. The van der Waals surface area contributed by atoms with Crippen molar-refractivity contribution in [1.82, 2.24) is 4.90 Å². The van der Waals surface area contributed by atoms with Crippen LogP contribution < -0.4 is 0 Å². The molecular formula is C14H19NS. The lowest BCUT2D eigenvalue weighted by atomic mass is 9.94. The molecule has 1 aromatic heterocycles. The van der Waals surface area contributed by atoms with E-state index in [-0.39, 0.29) is 0 Å². The third-order valence-electron chi connectivity index (χ3n) is 3.29. The Balaban J connectivity index is 2.28. The highest BCUT2D eigenvalue weighted by Gasteiger charge is 2.26.